The molecule has 0 spiro atoms. The Morgan fingerprint density at radius 3 is 1.47 bits per heavy atom. The first-order chi connectivity index (χ1) is 7.41. The summed E-state index contributed by atoms with van der Waals surface area (Å²) in [5.41, 5.74) is 0. The predicted molar refractivity (Wildman–Crippen MR) is 71.1 cm³/mol. The topological polar surface area (TPSA) is 0 Å². The Balaban J connectivity index is 2.81. The van der Waals surface area contributed by atoms with Gasteiger partial charge in [0.05, 0.1) is 0 Å². The van der Waals surface area contributed by atoms with Crippen LogP contribution in [0.15, 0.2) is 0 Å². The van der Waals surface area contributed by atoms with Gasteiger partial charge in [-0.05, 0) is 6.42 Å². The fraction of sp³-hybridized carbons (Fsp3) is 0.933. The molecule has 0 nitrogen and oxygen atoms in total. The summed E-state index contributed by atoms with van der Waals surface area (Å²) in [5, 5.41) is 0. The summed E-state index contributed by atoms with van der Waals surface area (Å²) in [4.78, 5) is 0. The van der Waals surface area contributed by atoms with Crippen molar-refractivity contribution in [2.24, 2.45) is 0 Å². The van der Waals surface area contributed by atoms with Gasteiger partial charge in [0.15, 0.2) is 0 Å². The van der Waals surface area contributed by atoms with Crippen LogP contribution in [-0.2, 0) is 0 Å². The lowest BCUT2D eigenvalue weighted by Crippen LogP contribution is -1.82. The summed E-state index contributed by atoms with van der Waals surface area (Å²) in [5.74, 6) is 0. The lowest BCUT2D eigenvalue weighted by atomic mass is 10.1. The molecule has 1 radical (unpaired) electrons. The zero-order valence-electron chi connectivity index (χ0n) is 11.1. The van der Waals surface area contributed by atoms with E-state index in [1.165, 1.54) is 77.0 Å². The molecule has 0 fully saturated rings. The van der Waals surface area contributed by atoms with Crippen LogP contribution < -0.4 is 0 Å². The third-order valence-corrected chi connectivity index (χ3v) is 3.02. The van der Waals surface area contributed by atoms with E-state index in [1.54, 1.807) is 0 Å². The van der Waals surface area contributed by atoms with Gasteiger partial charge in [0.25, 0.3) is 0 Å². The van der Waals surface area contributed by atoms with Crippen molar-refractivity contribution in [2.75, 3.05) is 0 Å². The van der Waals surface area contributed by atoms with Crippen LogP contribution in [-0.4, -0.2) is 0 Å². The van der Waals surface area contributed by atoms with E-state index in [0.29, 0.717) is 0 Å². The van der Waals surface area contributed by atoms with Gasteiger partial charge in [0, 0.05) is 0 Å². The molecule has 0 heteroatoms. The van der Waals surface area contributed by atoms with E-state index >= 15 is 0 Å². The van der Waals surface area contributed by atoms with Crippen molar-refractivity contribution in [3.05, 3.63) is 6.42 Å². The third-order valence-electron chi connectivity index (χ3n) is 3.02. The Hall–Kier alpha value is 0. The molecule has 0 aliphatic carbocycles. The molecule has 0 unspecified atom stereocenters. The van der Waals surface area contributed by atoms with Crippen LogP contribution in [0.2, 0.25) is 0 Å². The fourth-order valence-corrected chi connectivity index (χ4v) is 1.93. The van der Waals surface area contributed by atoms with Gasteiger partial charge in [0.2, 0.25) is 0 Å². The summed E-state index contributed by atoms with van der Waals surface area (Å²) in [7, 11) is 0. The zero-order valence-corrected chi connectivity index (χ0v) is 11.1. The van der Waals surface area contributed by atoms with E-state index in [4.69, 9.17) is 0 Å². The molecule has 0 rings (SSSR count). The van der Waals surface area contributed by atoms with Crippen molar-refractivity contribution in [3.8, 4) is 0 Å². The Labute approximate surface area is 97.8 Å². The number of hydrogen-bond acceptors (Lipinski definition) is 0. The van der Waals surface area contributed by atoms with E-state index < -0.39 is 0 Å². The minimum absolute atomic E-state index is 1.36. The normalized spacial score (nSPS) is 10.8. The van der Waals surface area contributed by atoms with Crippen molar-refractivity contribution >= 4 is 0 Å². The SMILES string of the molecule is CCCCCC[CH]CCCCCCCC. The molecule has 0 atom stereocenters. The maximum Gasteiger partial charge on any atom is -0.0386 e. The second kappa shape index (κ2) is 14.0. The van der Waals surface area contributed by atoms with Gasteiger partial charge in [-0.25, -0.2) is 0 Å². The average Bonchev–Trinajstić information content (AvgIpc) is 2.26. The summed E-state index contributed by atoms with van der Waals surface area (Å²) < 4.78 is 0. The van der Waals surface area contributed by atoms with Crippen molar-refractivity contribution < 1.29 is 0 Å². The van der Waals surface area contributed by atoms with Crippen molar-refractivity contribution in [1.29, 1.82) is 0 Å². The highest BCUT2D eigenvalue weighted by Gasteiger charge is 1.92. The van der Waals surface area contributed by atoms with Crippen LogP contribution in [0.25, 0.3) is 0 Å². The van der Waals surface area contributed by atoms with Crippen LogP contribution in [0.5, 0.6) is 0 Å². The lowest BCUT2D eigenvalue weighted by molar-refractivity contribution is 0.591. The van der Waals surface area contributed by atoms with Gasteiger partial charge in [0.1, 0.15) is 0 Å². The molecule has 0 aromatic heterocycles. The standard InChI is InChI=1S/C15H31/c1-3-5-7-9-11-13-15-14-12-10-8-6-4-2/h13H,3-12,14-15H2,1-2H3. The van der Waals surface area contributed by atoms with E-state index in [0.717, 1.165) is 0 Å². The van der Waals surface area contributed by atoms with Crippen LogP contribution in [0.3, 0.4) is 0 Å². The van der Waals surface area contributed by atoms with Crippen LogP contribution >= 0.6 is 0 Å². The van der Waals surface area contributed by atoms with Crippen LogP contribution in [0, 0.1) is 6.42 Å². The molecule has 0 heterocycles. The zero-order chi connectivity index (χ0) is 11.2. The Kier molecular flexibility index (Phi) is 14.0. The molecule has 0 saturated carbocycles. The summed E-state index contributed by atoms with van der Waals surface area (Å²) in [6.07, 6.45) is 19.4. The second-order valence-corrected chi connectivity index (χ2v) is 4.69. The molecular weight excluding hydrogens is 180 g/mol. The van der Waals surface area contributed by atoms with E-state index in [9.17, 15) is 0 Å². The minimum Gasteiger partial charge on any atom is -0.0654 e. The van der Waals surface area contributed by atoms with Gasteiger partial charge < -0.3 is 0 Å². The molecule has 0 aromatic rings. The highest BCUT2D eigenvalue weighted by Crippen LogP contribution is 2.11. The van der Waals surface area contributed by atoms with Crippen LogP contribution in [0.1, 0.15) is 90.9 Å². The van der Waals surface area contributed by atoms with Gasteiger partial charge in [-0.2, -0.15) is 0 Å². The Morgan fingerprint density at radius 1 is 0.533 bits per heavy atom. The van der Waals surface area contributed by atoms with E-state index in [1.807, 2.05) is 0 Å². The first-order valence-electron chi connectivity index (χ1n) is 7.23. The van der Waals surface area contributed by atoms with Crippen molar-refractivity contribution in [3.63, 3.8) is 0 Å². The molecule has 0 bridgehead atoms. The lowest BCUT2D eigenvalue weighted by Gasteiger charge is -2.01. The van der Waals surface area contributed by atoms with E-state index in [-0.39, 0.29) is 0 Å². The molecule has 0 N–H and O–H groups in total. The van der Waals surface area contributed by atoms with Crippen molar-refractivity contribution in [1.82, 2.24) is 0 Å². The van der Waals surface area contributed by atoms with Gasteiger partial charge in [-0.3, -0.25) is 0 Å². The average molecular weight is 211 g/mol. The molecule has 91 valence electrons. The molecular formula is C15H31. The molecule has 0 aliphatic rings. The van der Waals surface area contributed by atoms with Crippen molar-refractivity contribution in [2.45, 2.75) is 90.9 Å². The first-order valence-corrected chi connectivity index (χ1v) is 7.23. The Morgan fingerprint density at radius 2 is 0.933 bits per heavy atom. The van der Waals surface area contributed by atoms with Gasteiger partial charge in [-0.1, -0.05) is 90.9 Å². The van der Waals surface area contributed by atoms with Gasteiger partial charge in [-0.15, -0.1) is 0 Å². The fourth-order valence-electron chi connectivity index (χ4n) is 1.93. The second-order valence-electron chi connectivity index (χ2n) is 4.69. The maximum atomic E-state index is 2.51. The third kappa shape index (κ3) is 14.0. The highest BCUT2D eigenvalue weighted by molar-refractivity contribution is 4.64. The number of hydrogen-bond donors (Lipinski definition) is 0. The summed E-state index contributed by atoms with van der Waals surface area (Å²) >= 11 is 0. The highest BCUT2D eigenvalue weighted by atomic mass is 14.0. The van der Waals surface area contributed by atoms with Gasteiger partial charge >= 0.3 is 0 Å². The summed E-state index contributed by atoms with van der Waals surface area (Å²) in [6.45, 7) is 4.56. The smallest absolute Gasteiger partial charge is 0.0386 e. The van der Waals surface area contributed by atoms with E-state index in [2.05, 4.69) is 20.3 Å². The number of unbranched alkanes of at least 4 members (excludes halogenated alkanes) is 12. The minimum atomic E-state index is 1.36. The monoisotopic (exact) mass is 211 g/mol. The predicted octanol–water partition coefficient (Wildman–Crippen LogP) is 5.91. The number of rotatable bonds is 12. The quantitative estimate of drug-likeness (QED) is 0.352. The largest absolute Gasteiger partial charge is 0.0654 e. The molecule has 15 heavy (non-hydrogen) atoms. The molecule has 0 amide bonds. The molecule has 0 saturated heterocycles. The maximum absolute atomic E-state index is 2.51. The molecule has 0 aromatic carbocycles. The van der Waals surface area contributed by atoms with Crippen LogP contribution in [0.4, 0.5) is 0 Å². The Bertz CT molecular complexity index is 84.2. The first kappa shape index (κ1) is 15.0. The molecule has 0 aliphatic heterocycles. The summed E-state index contributed by atoms with van der Waals surface area (Å²) in [6, 6.07) is 0.